The lowest BCUT2D eigenvalue weighted by molar-refractivity contribution is -0.132. The first-order valence-corrected chi connectivity index (χ1v) is 10.2. The number of piperazine rings is 1. The molecule has 0 atom stereocenters. The Morgan fingerprint density at radius 1 is 0.967 bits per heavy atom. The Bertz CT molecular complexity index is 892. The first-order valence-electron chi connectivity index (χ1n) is 10.2. The molecule has 160 valence electrons. The quantitative estimate of drug-likeness (QED) is 0.765. The minimum atomic E-state index is -0.124. The molecule has 0 radical (unpaired) electrons. The lowest BCUT2D eigenvalue weighted by Crippen LogP contribution is -2.51. The van der Waals surface area contributed by atoms with E-state index in [-0.39, 0.29) is 11.9 Å². The molecule has 3 amide bonds. The zero-order valence-corrected chi connectivity index (χ0v) is 17.9. The van der Waals surface area contributed by atoms with Crippen LogP contribution in [0.15, 0.2) is 42.5 Å². The first-order chi connectivity index (χ1) is 14.5. The Labute approximate surface area is 178 Å². The number of amides is 3. The van der Waals surface area contributed by atoms with Gasteiger partial charge in [-0.2, -0.15) is 0 Å². The van der Waals surface area contributed by atoms with E-state index in [1.807, 2.05) is 61.2 Å². The molecule has 1 saturated heterocycles. The average molecular weight is 411 g/mol. The van der Waals surface area contributed by atoms with Crippen molar-refractivity contribution in [1.82, 2.24) is 9.80 Å². The van der Waals surface area contributed by atoms with Gasteiger partial charge in [0.2, 0.25) is 5.91 Å². The number of carbonyl (C=O) groups excluding carboxylic acids is 2. The van der Waals surface area contributed by atoms with Crippen molar-refractivity contribution in [3.05, 3.63) is 53.6 Å². The van der Waals surface area contributed by atoms with E-state index < -0.39 is 0 Å². The molecular weight excluding hydrogens is 380 g/mol. The Hall–Kier alpha value is -3.22. The van der Waals surface area contributed by atoms with Crippen LogP contribution >= 0.6 is 0 Å². The van der Waals surface area contributed by atoms with Gasteiger partial charge >= 0.3 is 6.03 Å². The maximum Gasteiger partial charge on any atom is 0.321 e. The summed E-state index contributed by atoms with van der Waals surface area (Å²) in [6.07, 6.45) is 0.395. The minimum Gasteiger partial charge on any atom is -0.495 e. The van der Waals surface area contributed by atoms with Crippen LogP contribution in [0.4, 0.5) is 16.2 Å². The van der Waals surface area contributed by atoms with Gasteiger partial charge in [-0.1, -0.05) is 18.2 Å². The summed E-state index contributed by atoms with van der Waals surface area (Å²) in [4.78, 5) is 28.6. The first kappa shape index (κ1) is 21.5. The van der Waals surface area contributed by atoms with Gasteiger partial charge in [0.25, 0.3) is 0 Å². The van der Waals surface area contributed by atoms with Gasteiger partial charge in [0, 0.05) is 44.8 Å². The Balaban J connectivity index is 1.43. The molecular formula is C23H30N4O3. The van der Waals surface area contributed by atoms with Crippen molar-refractivity contribution < 1.29 is 14.3 Å². The van der Waals surface area contributed by atoms with Gasteiger partial charge in [-0.15, -0.1) is 0 Å². The molecule has 1 aliphatic rings. The van der Waals surface area contributed by atoms with Crippen LogP contribution in [0.2, 0.25) is 0 Å². The van der Waals surface area contributed by atoms with E-state index in [1.165, 1.54) is 0 Å². The fourth-order valence-electron chi connectivity index (χ4n) is 3.51. The maximum atomic E-state index is 12.6. The van der Waals surface area contributed by atoms with E-state index in [0.717, 1.165) is 28.3 Å². The number of benzene rings is 2. The van der Waals surface area contributed by atoms with Crippen molar-refractivity contribution in [3.63, 3.8) is 0 Å². The van der Waals surface area contributed by atoms with Gasteiger partial charge in [0.15, 0.2) is 0 Å². The number of rotatable bonds is 6. The molecule has 2 aromatic rings. The maximum absolute atomic E-state index is 12.6. The number of carbonyl (C=O) groups is 2. The largest absolute Gasteiger partial charge is 0.495 e. The SMILES string of the molecule is COc1ccc(C)cc1NCCC(=O)N1CCN(C(=O)Nc2cccc(C)c2)CC1. The summed E-state index contributed by atoms with van der Waals surface area (Å²) in [6, 6.07) is 13.5. The number of hydrogen-bond acceptors (Lipinski definition) is 4. The third-order valence-electron chi connectivity index (χ3n) is 5.20. The molecule has 2 N–H and O–H groups in total. The molecule has 0 aromatic heterocycles. The van der Waals surface area contributed by atoms with E-state index in [2.05, 4.69) is 10.6 Å². The second kappa shape index (κ2) is 10.0. The molecule has 7 nitrogen and oxygen atoms in total. The predicted octanol–water partition coefficient (Wildman–Crippen LogP) is 3.49. The standard InChI is InChI=1S/C23H30N4O3/c1-17-5-4-6-19(15-17)25-23(29)27-13-11-26(12-14-27)22(28)9-10-24-20-16-18(2)7-8-21(20)30-3/h4-8,15-16,24H,9-14H2,1-3H3,(H,25,29). The number of methoxy groups -OCH3 is 1. The summed E-state index contributed by atoms with van der Waals surface area (Å²) >= 11 is 0. The van der Waals surface area contributed by atoms with Crippen molar-refractivity contribution in [2.45, 2.75) is 20.3 Å². The number of nitrogens with zero attached hydrogens (tertiary/aromatic N) is 2. The van der Waals surface area contributed by atoms with Gasteiger partial charge in [0.05, 0.1) is 12.8 Å². The van der Waals surface area contributed by atoms with Gasteiger partial charge < -0.3 is 25.2 Å². The van der Waals surface area contributed by atoms with Crippen molar-refractivity contribution in [2.75, 3.05) is 50.5 Å². The summed E-state index contributed by atoms with van der Waals surface area (Å²) in [6.45, 7) is 6.70. The van der Waals surface area contributed by atoms with Crippen LogP contribution in [-0.4, -0.2) is 61.6 Å². The third-order valence-corrected chi connectivity index (χ3v) is 5.20. The summed E-state index contributed by atoms with van der Waals surface area (Å²) in [5, 5.41) is 6.21. The van der Waals surface area contributed by atoms with Crippen molar-refractivity contribution in [1.29, 1.82) is 0 Å². The number of urea groups is 1. The molecule has 0 unspecified atom stereocenters. The number of anilines is 2. The zero-order chi connectivity index (χ0) is 21.5. The van der Waals surface area contributed by atoms with E-state index in [1.54, 1.807) is 12.0 Å². The number of aryl methyl sites for hydroxylation is 2. The van der Waals surface area contributed by atoms with Gasteiger partial charge in [0.1, 0.15) is 5.75 Å². The molecule has 1 heterocycles. The smallest absolute Gasteiger partial charge is 0.321 e. The monoisotopic (exact) mass is 410 g/mol. The van der Waals surface area contributed by atoms with Gasteiger partial charge in [-0.05, 0) is 49.2 Å². The van der Waals surface area contributed by atoms with Crippen molar-refractivity contribution in [3.8, 4) is 5.75 Å². The Morgan fingerprint density at radius 2 is 1.67 bits per heavy atom. The molecule has 0 aliphatic carbocycles. The number of hydrogen-bond donors (Lipinski definition) is 2. The topological polar surface area (TPSA) is 73.9 Å². The van der Waals surface area contributed by atoms with Crippen molar-refractivity contribution in [2.24, 2.45) is 0 Å². The fraction of sp³-hybridized carbons (Fsp3) is 0.391. The van der Waals surface area contributed by atoms with E-state index in [4.69, 9.17) is 4.74 Å². The van der Waals surface area contributed by atoms with Crippen molar-refractivity contribution >= 4 is 23.3 Å². The summed E-state index contributed by atoms with van der Waals surface area (Å²) < 4.78 is 5.36. The van der Waals surface area contributed by atoms with Crippen LogP contribution in [0.3, 0.4) is 0 Å². The van der Waals surface area contributed by atoms with Gasteiger partial charge in [-0.25, -0.2) is 4.79 Å². The van der Waals surface area contributed by atoms with E-state index in [9.17, 15) is 9.59 Å². The van der Waals surface area contributed by atoms with Crippen LogP contribution in [0.1, 0.15) is 17.5 Å². The highest BCUT2D eigenvalue weighted by atomic mass is 16.5. The molecule has 7 heteroatoms. The molecule has 3 rings (SSSR count). The molecule has 1 fully saturated rings. The van der Waals surface area contributed by atoms with Crippen LogP contribution in [0, 0.1) is 13.8 Å². The lowest BCUT2D eigenvalue weighted by atomic mass is 10.2. The van der Waals surface area contributed by atoms with Crippen LogP contribution in [-0.2, 0) is 4.79 Å². The average Bonchev–Trinajstić information content (AvgIpc) is 2.74. The predicted molar refractivity (Wildman–Crippen MR) is 119 cm³/mol. The molecule has 2 aromatic carbocycles. The van der Waals surface area contributed by atoms with Crippen LogP contribution in [0.5, 0.6) is 5.75 Å². The highest BCUT2D eigenvalue weighted by Crippen LogP contribution is 2.25. The zero-order valence-electron chi connectivity index (χ0n) is 17.9. The summed E-state index contributed by atoms with van der Waals surface area (Å²) in [5.74, 6) is 0.856. The highest BCUT2D eigenvalue weighted by Gasteiger charge is 2.24. The molecule has 0 spiro atoms. The van der Waals surface area contributed by atoms with E-state index in [0.29, 0.717) is 39.1 Å². The second-order valence-corrected chi connectivity index (χ2v) is 7.55. The molecule has 0 bridgehead atoms. The lowest BCUT2D eigenvalue weighted by Gasteiger charge is -2.34. The highest BCUT2D eigenvalue weighted by molar-refractivity contribution is 5.89. The van der Waals surface area contributed by atoms with E-state index >= 15 is 0 Å². The van der Waals surface area contributed by atoms with Crippen LogP contribution < -0.4 is 15.4 Å². The normalized spacial score (nSPS) is 13.7. The summed E-state index contributed by atoms with van der Waals surface area (Å²) in [5.41, 5.74) is 3.91. The number of nitrogens with one attached hydrogen (secondary N) is 2. The fourth-order valence-corrected chi connectivity index (χ4v) is 3.51. The Morgan fingerprint density at radius 3 is 2.37 bits per heavy atom. The molecule has 30 heavy (non-hydrogen) atoms. The summed E-state index contributed by atoms with van der Waals surface area (Å²) in [7, 11) is 1.63. The Kier molecular flexibility index (Phi) is 7.17. The second-order valence-electron chi connectivity index (χ2n) is 7.55. The van der Waals surface area contributed by atoms with Gasteiger partial charge in [-0.3, -0.25) is 4.79 Å². The molecule has 0 saturated carbocycles. The number of ether oxygens (including phenoxy) is 1. The third kappa shape index (κ3) is 5.65. The van der Waals surface area contributed by atoms with Crippen LogP contribution in [0.25, 0.3) is 0 Å². The minimum absolute atomic E-state index is 0.0906. The molecule has 1 aliphatic heterocycles.